The van der Waals surface area contributed by atoms with Gasteiger partial charge in [0.1, 0.15) is 17.6 Å². The number of ether oxygens (including phenoxy) is 4. The van der Waals surface area contributed by atoms with Crippen molar-refractivity contribution in [3.8, 4) is 11.5 Å². The maximum Gasteiger partial charge on any atom is 0.347 e. The Morgan fingerprint density at radius 3 is 1.98 bits per heavy atom. The lowest BCUT2D eigenvalue weighted by molar-refractivity contribution is -0.167. The Morgan fingerprint density at radius 2 is 1.36 bits per heavy atom. The summed E-state index contributed by atoms with van der Waals surface area (Å²) in [7, 11) is 0. The molecule has 45 heavy (non-hydrogen) atoms. The second-order valence-electron chi connectivity index (χ2n) is 12.0. The van der Waals surface area contributed by atoms with Crippen LogP contribution >= 0.6 is 11.6 Å². The highest BCUT2D eigenvalue weighted by Gasteiger charge is 2.33. The Bertz CT molecular complexity index is 1180. The minimum atomic E-state index is -0.909. The third-order valence-corrected chi connectivity index (χ3v) is 8.44. The molecule has 0 bridgehead atoms. The molecule has 0 spiro atoms. The Hall–Kier alpha value is -3.06. The Morgan fingerprint density at radius 1 is 0.756 bits per heavy atom. The van der Waals surface area contributed by atoms with E-state index in [2.05, 4.69) is 13.8 Å². The predicted octanol–water partition coefficient (Wildman–Crippen LogP) is 10.1. The van der Waals surface area contributed by atoms with Gasteiger partial charge in [0.25, 0.3) is 0 Å². The molecule has 1 saturated heterocycles. The quantitative estimate of drug-likeness (QED) is 0.0760. The van der Waals surface area contributed by atoms with E-state index in [4.69, 9.17) is 30.5 Å². The third kappa shape index (κ3) is 13.4. The van der Waals surface area contributed by atoms with Crippen molar-refractivity contribution in [1.29, 1.82) is 0 Å². The number of hydrogen-bond acceptors (Lipinski definition) is 7. The van der Waals surface area contributed by atoms with Crippen molar-refractivity contribution in [2.45, 2.75) is 135 Å². The van der Waals surface area contributed by atoms with E-state index in [0.717, 1.165) is 38.5 Å². The summed E-state index contributed by atoms with van der Waals surface area (Å²) in [5.41, 5.74) is 0.533. The maximum absolute atomic E-state index is 12.7. The van der Waals surface area contributed by atoms with Gasteiger partial charge in [-0.2, -0.15) is 0 Å². The molecule has 7 nitrogen and oxygen atoms in total. The molecule has 0 saturated carbocycles. The smallest absolute Gasteiger partial charge is 0.347 e. The third-order valence-electron chi connectivity index (χ3n) is 8.15. The second-order valence-corrected chi connectivity index (χ2v) is 12.4. The Labute approximate surface area is 274 Å². The molecule has 0 aliphatic carbocycles. The fourth-order valence-corrected chi connectivity index (χ4v) is 5.64. The van der Waals surface area contributed by atoms with Crippen LogP contribution in [0.4, 0.5) is 0 Å². The minimum absolute atomic E-state index is 0.105. The zero-order valence-corrected chi connectivity index (χ0v) is 27.9. The first-order valence-corrected chi connectivity index (χ1v) is 17.4. The standard InChI is InChI=1S/C37H51ClO7/c1-3-5-7-9-10-11-12-13-14-16-26-42-33-24-20-29(27-32(33)38)36(40)43-31-21-18-28(19-22-31)35(39)45-34-25-23-30(44-37(34)41)17-15-8-6-4-2/h18-22,24,27,30,34H,3-17,23,25-26H2,1-2H3/t30-,34+/m0/s1. The first kappa shape index (κ1) is 36.4. The zero-order chi connectivity index (χ0) is 32.3. The van der Waals surface area contributed by atoms with Crippen LogP contribution in [0.5, 0.6) is 11.5 Å². The first-order chi connectivity index (χ1) is 21.9. The molecule has 2 atom stereocenters. The molecular weight excluding hydrogens is 592 g/mol. The molecule has 1 heterocycles. The van der Waals surface area contributed by atoms with Crippen LogP contribution in [0, 0.1) is 0 Å². The number of unbranched alkanes of at least 4 members (excludes halogenated alkanes) is 12. The summed E-state index contributed by atoms with van der Waals surface area (Å²) in [6, 6.07) is 10.8. The molecule has 0 unspecified atom stereocenters. The van der Waals surface area contributed by atoms with Crippen LogP contribution in [0.1, 0.15) is 144 Å². The molecule has 1 aliphatic rings. The van der Waals surface area contributed by atoms with Gasteiger partial charge in [0, 0.05) is 0 Å². The second kappa shape index (κ2) is 20.9. The number of carbonyl (C=O) groups is 3. The molecule has 8 heteroatoms. The van der Waals surface area contributed by atoms with Gasteiger partial charge in [-0.25, -0.2) is 14.4 Å². The van der Waals surface area contributed by atoms with Crippen molar-refractivity contribution in [1.82, 2.24) is 0 Å². The lowest BCUT2D eigenvalue weighted by Gasteiger charge is -2.27. The van der Waals surface area contributed by atoms with E-state index >= 15 is 0 Å². The van der Waals surface area contributed by atoms with Gasteiger partial charge in [-0.05, 0) is 74.6 Å². The van der Waals surface area contributed by atoms with Crippen molar-refractivity contribution in [3.63, 3.8) is 0 Å². The van der Waals surface area contributed by atoms with Crippen molar-refractivity contribution >= 4 is 29.5 Å². The van der Waals surface area contributed by atoms with Crippen molar-refractivity contribution < 1.29 is 33.3 Å². The number of rotatable bonds is 21. The SMILES string of the molecule is CCCCCCCCCCCCOc1ccc(C(=O)Oc2ccc(C(=O)O[C@@H]3CC[C@H](CCCCCC)OC3=O)cc2)cc1Cl. The predicted molar refractivity (Wildman–Crippen MR) is 177 cm³/mol. The van der Waals surface area contributed by atoms with Crippen LogP contribution in [0.2, 0.25) is 5.02 Å². The Balaban J connectivity index is 1.36. The fraction of sp³-hybridized carbons (Fsp3) is 0.595. The molecule has 3 rings (SSSR count). The molecular formula is C37H51ClO7. The van der Waals surface area contributed by atoms with Crippen LogP contribution in [0.3, 0.4) is 0 Å². The monoisotopic (exact) mass is 642 g/mol. The van der Waals surface area contributed by atoms with E-state index in [0.29, 0.717) is 30.2 Å². The van der Waals surface area contributed by atoms with Crippen molar-refractivity contribution in [2.24, 2.45) is 0 Å². The molecule has 2 aromatic carbocycles. The largest absolute Gasteiger partial charge is 0.492 e. The van der Waals surface area contributed by atoms with Crippen LogP contribution < -0.4 is 9.47 Å². The zero-order valence-electron chi connectivity index (χ0n) is 27.2. The number of benzene rings is 2. The van der Waals surface area contributed by atoms with Crippen LogP contribution in [0.25, 0.3) is 0 Å². The number of halogens is 1. The molecule has 0 radical (unpaired) electrons. The van der Waals surface area contributed by atoms with Gasteiger partial charge >= 0.3 is 17.9 Å². The normalized spacial score (nSPS) is 16.2. The van der Waals surface area contributed by atoms with E-state index < -0.39 is 24.0 Å². The summed E-state index contributed by atoms with van der Waals surface area (Å²) >= 11 is 6.38. The van der Waals surface area contributed by atoms with Crippen LogP contribution in [-0.4, -0.2) is 36.7 Å². The van der Waals surface area contributed by atoms with E-state index in [1.807, 2.05) is 0 Å². The van der Waals surface area contributed by atoms with Crippen molar-refractivity contribution in [3.05, 3.63) is 58.6 Å². The van der Waals surface area contributed by atoms with Gasteiger partial charge in [0.05, 0.1) is 22.8 Å². The van der Waals surface area contributed by atoms with E-state index in [1.165, 1.54) is 88.1 Å². The van der Waals surface area contributed by atoms with Gasteiger partial charge in [-0.15, -0.1) is 0 Å². The Kier molecular flexibility index (Phi) is 16.9. The average Bonchev–Trinajstić information content (AvgIpc) is 3.04. The topological polar surface area (TPSA) is 88.1 Å². The van der Waals surface area contributed by atoms with Crippen LogP contribution in [-0.2, 0) is 14.3 Å². The maximum atomic E-state index is 12.7. The van der Waals surface area contributed by atoms with Crippen molar-refractivity contribution in [2.75, 3.05) is 6.61 Å². The molecule has 248 valence electrons. The molecule has 0 aromatic heterocycles. The van der Waals surface area contributed by atoms with Gasteiger partial charge in [0.15, 0.2) is 6.10 Å². The van der Waals surface area contributed by atoms with Gasteiger partial charge in [0.2, 0.25) is 0 Å². The van der Waals surface area contributed by atoms with Gasteiger partial charge in [-0.3, -0.25) is 0 Å². The van der Waals surface area contributed by atoms with Gasteiger partial charge < -0.3 is 18.9 Å². The van der Waals surface area contributed by atoms with E-state index in [1.54, 1.807) is 12.1 Å². The van der Waals surface area contributed by atoms with Gasteiger partial charge in [-0.1, -0.05) is 102 Å². The number of esters is 3. The van der Waals surface area contributed by atoms with E-state index in [-0.39, 0.29) is 23.0 Å². The summed E-state index contributed by atoms with van der Waals surface area (Å²) in [6.45, 7) is 4.98. The molecule has 1 fully saturated rings. The highest BCUT2D eigenvalue weighted by Crippen LogP contribution is 2.27. The lowest BCUT2D eigenvalue weighted by Crippen LogP contribution is -2.37. The molecule has 1 aliphatic heterocycles. The average molecular weight is 643 g/mol. The first-order valence-electron chi connectivity index (χ1n) is 17.1. The summed E-state index contributed by atoms with van der Waals surface area (Å²) in [5, 5.41) is 0.346. The summed E-state index contributed by atoms with van der Waals surface area (Å²) < 4.78 is 22.2. The summed E-state index contributed by atoms with van der Waals surface area (Å²) in [4.78, 5) is 37.7. The highest BCUT2D eigenvalue weighted by atomic mass is 35.5. The molecule has 0 amide bonds. The molecule has 2 aromatic rings. The fourth-order valence-electron chi connectivity index (χ4n) is 5.40. The highest BCUT2D eigenvalue weighted by molar-refractivity contribution is 6.32. The van der Waals surface area contributed by atoms with E-state index in [9.17, 15) is 14.4 Å². The number of hydrogen-bond donors (Lipinski definition) is 0. The minimum Gasteiger partial charge on any atom is -0.492 e. The lowest BCUT2D eigenvalue weighted by atomic mass is 10.0. The number of carbonyl (C=O) groups excluding carboxylic acids is 3. The summed E-state index contributed by atoms with van der Waals surface area (Å²) in [5.74, 6) is -0.901. The van der Waals surface area contributed by atoms with Crippen LogP contribution in [0.15, 0.2) is 42.5 Å². The number of cyclic esters (lactones) is 1. The molecule has 0 N–H and O–H groups in total. The summed E-state index contributed by atoms with van der Waals surface area (Å²) in [6.07, 6.45) is 18.0.